The number of nitrogens with one attached hydrogen (secondary N) is 2. The minimum atomic E-state index is -0.311. The van der Waals surface area contributed by atoms with Crippen LogP contribution in [0.25, 0.3) is 27.7 Å². The van der Waals surface area contributed by atoms with Crippen molar-refractivity contribution in [2.75, 3.05) is 5.32 Å². The van der Waals surface area contributed by atoms with Gasteiger partial charge in [0.25, 0.3) is 11.5 Å². The molecule has 8 nitrogen and oxygen atoms in total. The van der Waals surface area contributed by atoms with Crippen molar-refractivity contribution in [2.45, 2.75) is 0 Å². The van der Waals surface area contributed by atoms with E-state index in [-0.39, 0.29) is 11.5 Å². The molecule has 8 heteroatoms. The Kier molecular flexibility index (Phi) is 3.87. The van der Waals surface area contributed by atoms with Crippen molar-refractivity contribution in [1.29, 1.82) is 0 Å². The fourth-order valence-electron chi connectivity index (χ4n) is 3.19. The number of anilines is 1. The molecule has 5 rings (SSSR count). The molecular weight excluding hydrogens is 368 g/mol. The number of fused-ring (bicyclic) bond motifs is 2. The molecule has 0 unspecified atom stereocenters. The summed E-state index contributed by atoms with van der Waals surface area (Å²) in [6.45, 7) is 0. The minimum Gasteiger partial charge on any atom is -0.321 e. The lowest BCUT2D eigenvalue weighted by atomic mass is 10.0. The van der Waals surface area contributed by atoms with Crippen molar-refractivity contribution in [3.8, 4) is 11.3 Å². The van der Waals surface area contributed by atoms with Crippen molar-refractivity contribution in [3.05, 3.63) is 89.4 Å². The second kappa shape index (κ2) is 6.68. The summed E-state index contributed by atoms with van der Waals surface area (Å²) in [4.78, 5) is 32.7. The third-order valence-corrected chi connectivity index (χ3v) is 4.61. The van der Waals surface area contributed by atoms with E-state index < -0.39 is 0 Å². The summed E-state index contributed by atoms with van der Waals surface area (Å²) < 4.78 is 1.73. The van der Waals surface area contributed by atoms with Crippen molar-refractivity contribution < 1.29 is 4.79 Å². The highest BCUT2D eigenvalue weighted by molar-refractivity contribution is 6.03. The van der Waals surface area contributed by atoms with Gasteiger partial charge in [0.05, 0.1) is 17.3 Å². The van der Waals surface area contributed by atoms with Crippen LogP contribution in [-0.4, -0.2) is 30.5 Å². The van der Waals surface area contributed by atoms with Gasteiger partial charge in [-0.05, 0) is 18.2 Å². The van der Waals surface area contributed by atoms with Gasteiger partial charge in [-0.3, -0.25) is 14.6 Å². The highest BCUT2D eigenvalue weighted by Crippen LogP contribution is 2.25. The molecule has 0 aliphatic rings. The maximum atomic E-state index is 12.5. The molecule has 0 bridgehead atoms. The fourth-order valence-corrected chi connectivity index (χ4v) is 3.19. The molecule has 0 saturated heterocycles. The Morgan fingerprint density at radius 3 is 2.62 bits per heavy atom. The number of hydrogen-bond donors (Lipinski definition) is 2. The first-order valence-corrected chi connectivity index (χ1v) is 8.87. The Bertz CT molecular complexity index is 1390. The molecule has 0 aliphatic carbocycles. The van der Waals surface area contributed by atoms with E-state index in [1.807, 2.05) is 30.3 Å². The van der Waals surface area contributed by atoms with Crippen molar-refractivity contribution in [1.82, 2.24) is 24.6 Å². The van der Waals surface area contributed by atoms with Crippen LogP contribution in [0.4, 0.5) is 5.69 Å². The third kappa shape index (κ3) is 3.02. The number of imidazole rings is 1. The Hall–Kier alpha value is -4.33. The summed E-state index contributed by atoms with van der Waals surface area (Å²) in [6, 6.07) is 14.6. The number of nitrogens with zero attached hydrogens (tertiary/aromatic N) is 4. The monoisotopic (exact) mass is 382 g/mol. The molecule has 0 aliphatic heterocycles. The van der Waals surface area contributed by atoms with Gasteiger partial charge < -0.3 is 9.72 Å². The first kappa shape index (κ1) is 16.8. The second-order valence-corrected chi connectivity index (χ2v) is 6.45. The van der Waals surface area contributed by atoms with Crippen molar-refractivity contribution in [2.24, 2.45) is 0 Å². The van der Waals surface area contributed by atoms with E-state index in [4.69, 9.17) is 0 Å². The van der Waals surface area contributed by atoms with E-state index in [9.17, 15) is 9.59 Å². The molecule has 29 heavy (non-hydrogen) atoms. The molecule has 3 aromatic heterocycles. The summed E-state index contributed by atoms with van der Waals surface area (Å²) in [5.74, 6) is -0.311. The number of aromatic nitrogens is 5. The standard InChI is InChI=1S/C21H14N6O2/c28-20-16-4-2-1-3-15(16)19(25-26-20)13-5-7-14(8-6-13)23-21(29)17-12-27-10-9-22-11-18(27)24-17/h1-12H,(H,23,29)(H,26,28). The van der Waals surface area contributed by atoms with Crippen LogP contribution in [0.5, 0.6) is 0 Å². The quantitative estimate of drug-likeness (QED) is 0.499. The maximum Gasteiger partial charge on any atom is 0.275 e. The van der Waals surface area contributed by atoms with Crippen LogP contribution in [0.1, 0.15) is 10.5 Å². The predicted molar refractivity (Wildman–Crippen MR) is 109 cm³/mol. The minimum absolute atomic E-state index is 0.226. The van der Waals surface area contributed by atoms with E-state index in [1.165, 1.54) is 0 Å². The average Bonchev–Trinajstić information content (AvgIpc) is 3.20. The van der Waals surface area contributed by atoms with Gasteiger partial charge in [-0.15, -0.1) is 0 Å². The van der Waals surface area contributed by atoms with Crippen molar-refractivity contribution >= 4 is 28.0 Å². The number of H-pyrrole nitrogens is 1. The average molecular weight is 382 g/mol. The lowest BCUT2D eigenvalue weighted by Gasteiger charge is -2.07. The van der Waals surface area contributed by atoms with E-state index >= 15 is 0 Å². The number of hydrogen-bond acceptors (Lipinski definition) is 5. The summed E-state index contributed by atoms with van der Waals surface area (Å²) in [5.41, 5.74) is 2.80. The number of benzene rings is 2. The number of carbonyl (C=O) groups excluding carboxylic acids is 1. The van der Waals surface area contributed by atoms with Gasteiger partial charge in [0, 0.05) is 35.2 Å². The van der Waals surface area contributed by atoms with Gasteiger partial charge in [0.1, 0.15) is 5.69 Å². The first-order chi connectivity index (χ1) is 14.2. The predicted octanol–water partition coefficient (Wildman–Crippen LogP) is 2.89. The Balaban J connectivity index is 1.43. The Morgan fingerprint density at radius 1 is 1.03 bits per heavy atom. The van der Waals surface area contributed by atoms with Gasteiger partial charge in [0.2, 0.25) is 0 Å². The maximum absolute atomic E-state index is 12.5. The zero-order chi connectivity index (χ0) is 19.8. The molecule has 0 saturated carbocycles. The second-order valence-electron chi connectivity index (χ2n) is 6.45. The first-order valence-electron chi connectivity index (χ1n) is 8.87. The summed E-state index contributed by atoms with van der Waals surface area (Å²) >= 11 is 0. The molecule has 1 amide bonds. The van der Waals surface area contributed by atoms with Gasteiger partial charge in [-0.1, -0.05) is 30.3 Å². The molecule has 140 valence electrons. The lowest BCUT2D eigenvalue weighted by molar-refractivity contribution is 0.102. The summed E-state index contributed by atoms with van der Waals surface area (Å²) in [6.07, 6.45) is 6.60. The van der Waals surface area contributed by atoms with Gasteiger partial charge >= 0.3 is 0 Å². The molecule has 0 spiro atoms. The molecule has 0 atom stereocenters. The van der Waals surface area contributed by atoms with Crippen LogP contribution in [-0.2, 0) is 0 Å². The van der Waals surface area contributed by atoms with E-state index in [2.05, 4.69) is 25.5 Å². The zero-order valence-electron chi connectivity index (χ0n) is 15.0. The molecule has 0 radical (unpaired) electrons. The molecule has 3 heterocycles. The summed E-state index contributed by atoms with van der Waals surface area (Å²) in [7, 11) is 0. The number of aromatic amines is 1. The number of rotatable bonds is 3. The van der Waals surface area contributed by atoms with Crippen LogP contribution >= 0.6 is 0 Å². The van der Waals surface area contributed by atoms with E-state index in [0.717, 1.165) is 10.9 Å². The molecule has 2 aromatic carbocycles. The molecule has 0 fully saturated rings. The van der Waals surface area contributed by atoms with E-state index in [1.54, 1.807) is 47.4 Å². The number of amides is 1. The van der Waals surface area contributed by atoms with Crippen LogP contribution in [0, 0.1) is 0 Å². The SMILES string of the molecule is O=C(Nc1ccc(-c2n[nH]c(=O)c3ccccc23)cc1)c1cn2ccncc2n1. The normalized spacial score (nSPS) is 11.0. The molecular formula is C21H14N6O2. The molecule has 5 aromatic rings. The largest absolute Gasteiger partial charge is 0.321 e. The Labute approximate surface area is 163 Å². The number of carbonyl (C=O) groups is 1. The zero-order valence-corrected chi connectivity index (χ0v) is 15.0. The van der Waals surface area contributed by atoms with E-state index in [0.29, 0.717) is 28.1 Å². The Morgan fingerprint density at radius 2 is 1.83 bits per heavy atom. The van der Waals surface area contributed by atoms with Crippen LogP contribution in [0.2, 0.25) is 0 Å². The highest BCUT2D eigenvalue weighted by Gasteiger charge is 2.12. The van der Waals surface area contributed by atoms with Gasteiger partial charge in [-0.2, -0.15) is 5.10 Å². The van der Waals surface area contributed by atoms with Crippen LogP contribution in [0.15, 0.2) is 78.1 Å². The van der Waals surface area contributed by atoms with Gasteiger partial charge in [-0.25, -0.2) is 10.1 Å². The van der Waals surface area contributed by atoms with Crippen molar-refractivity contribution in [3.63, 3.8) is 0 Å². The smallest absolute Gasteiger partial charge is 0.275 e. The summed E-state index contributed by atoms with van der Waals surface area (Å²) in [5, 5.41) is 10.9. The van der Waals surface area contributed by atoms with Crippen LogP contribution in [0.3, 0.4) is 0 Å². The molecule has 2 N–H and O–H groups in total. The third-order valence-electron chi connectivity index (χ3n) is 4.61. The fraction of sp³-hybridized carbons (Fsp3) is 0. The highest BCUT2D eigenvalue weighted by atomic mass is 16.2. The lowest BCUT2D eigenvalue weighted by Crippen LogP contribution is -2.12. The van der Waals surface area contributed by atoms with Crippen LogP contribution < -0.4 is 10.9 Å². The topological polar surface area (TPSA) is 105 Å². The van der Waals surface area contributed by atoms with Gasteiger partial charge in [0.15, 0.2) is 5.65 Å².